The van der Waals surface area contributed by atoms with Crippen molar-refractivity contribution in [3.05, 3.63) is 12.7 Å². The number of hydrogen-bond acceptors (Lipinski definition) is 3. The summed E-state index contributed by atoms with van der Waals surface area (Å²) in [4.78, 5) is 23.5. The van der Waals surface area contributed by atoms with Crippen molar-refractivity contribution in [1.29, 1.82) is 0 Å². The molecular formula is C17H27NO4. The van der Waals surface area contributed by atoms with E-state index >= 15 is 0 Å². The molecule has 2 fully saturated rings. The third-order valence-corrected chi connectivity index (χ3v) is 5.00. The Bertz CT molecular complexity index is 403. The van der Waals surface area contributed by atoms with E-state index < -0.39 is 18.1 Å². The van der Waals surface area contributed by atoms with E-state index in [1.807, 2.05) is 6.08 Å². The molecule has 0 aliphatic heterocycles. The van der Waals surface area contributed by atoms with E-state index in [4.69, 9.17) is 4.74 Å². The molecule has 1 amide bonds. The Balaban J connectivity index is 1.84. The van der Waals surface area contributed by atoms with Gasteiger partial charge in [-0.05, 0) is 56.8 Å². The van der Waals surface area contributed by atoms with Crippen molar-refractivity contribution < 1.29 is 19.4 Å². The SMILES string of the molecule is C=CCC[C@@H]1CCC[C@H]1OC(=O)N[C@H](C(=O)O)C1CCCC1. The van der Waals surface area contributed by atoms with E-state index in [1.165, 1.54) is 0 Å². The van der Waals surface area contributed by atoms with Crippen molar-refractivity contribution in [2.45, 2.75) is 69.9 Å². The fraction of sp³-hybridized carbons (Fsp3) is 0.765. The Morgan fingerprint density at radius 2 is 1.95 bits per heavy atom. The first-order valence-corrected chi connectivity index (χ1v) is 8.42. The molecule has 2 saturated carbocycles. The zero-order chi connectivity index (χ0) is 15.9. The molecule has 0 aromatic heterocycles. The van der Waals surface area contributed by atoms with E-state index in [-0.39, 0.29) is 12.0 Å². The average molecular weight is 309 g/mol. The van der Waals surface area contributed by atoms with Crippen LogP contribution in [0.5, 0.6) is 0 Å². The molecule has 2 aliphatic carbocycles. The van der Waals surface area contributed by atoms with Gasteiger partial charge in [0.1, 0.15) is 12.1 Å². The van der Waals surface area contributed by atoms with Crippen molar-refractivity contribution >= 4 is 12.1 Å². The molecule has 0 saturated heterocycles. The second-order valence-electron chi connectivity index (χ2n) is 6.51. The topological polar surface area (TPSA) is 75.6 Å². The predicted octanol–water partition coefficient (Wildman–Crippen LogP) is 3.49. The van der Waals surface area contributed by atoms with Crippen molar-refractivity contribution in [3.8, 4) is 0 Å². The van der Waals surface area contributed by atoms with Crippen LogP contribution in [0.4, 0.5) is 4.79 Å². The number of hydrogen-bond donors (Lipinski definition) is 2. The van der Waals surface area contributed by atoms with E-state index in [2.05, 4.69) is 11.9 Å². The van der Waals surface area contributed by atoms with Crippen molar-refractivity contribution in [2.75, 3.05) is 0 Å². The Morgan fingerprint density at radius 1 is 1.23 bits per heavy atom. The maximum atomic E-state index is 12.1. The molecule has 22 heavy (non-hydrogen) atoms. The van der Waals surface area contributed by atoms with E-state index in [0.717, 1.165) is 57.8 Å². The number of carboxylic acids is 1. The van der Waals surface area contributed by atoms with Crippen molar-refractivity contribution in [2.24, 2.45) is 11.8 Å². The van der Waals surface area contributed by atoms with Crippen LogP contribution in [0, 0.1) is 11.8 Å². The number of carboxylic acid groups (broad SMARTS) is 1. The van der Waals surface area contributed by atoms with Gasteiger partial charge in [-0.25, -0.2) is 9.59 Å². The standard InChI is InChI=1S/C17H27NO4/c1-2-3-7-12-10-6-11-14(12)22-17(21)18-15(16(19)20)13-8-4-5-9-13/h2,12-15H,1,3-11H2,(H,18,21)(H,19,20)/t12-,14-,15+/m1/s1. The molecule has 0 aromatic carbocycles. The summed E-state index contributed by atoms with van der Waals surface area (Å²) in [5.74, 6) is -0.554. The van der Waals surface area contributed by atoms with Crippen LogP contribution in [0.25, 0.3) is 0 Å². The summed E-state index contributed by atoms with van der Waals surface area (Å²) in [5, 5.41) is 11.9. The lowest BCUT2D eigenvalue weighted by atomic mass is 9.98. The van der Waals surface area contributed by atoms with Crippen molar-refractivity contribution in [1.82, 2.24) is 5.32 Å². The number of carbonyl (C=O) groups excluding carboxylic acids is 1. The summed E-state index contributed by atoms with van der Waals surface area (Å²) >= 11 is 0. The van der Waals surface area contributed by atoms with Crippen LogP contribution in [0.3, 0.4) is 0 Å². The third-order valence-electron chi connectivity index (χ3n) is 5.00. The zero-order valence-electron chi connectivity index (χ0n) is 13.1. The van der Waals surface area contributed by atoms with Crippen LogP contribution in [-0.4, -0.2) is 29.3 Å². The van der Waals surface area contributed by atoms with Crippen LogP contribution in [0.1, 0.15) is 57.8 Å². The van der Waals surface area contributed by atoms with Gasteiger partial charge in [-0.2, -0.15) is 0 Å². The number of nitrogens with one attached hydrogen (secondary N) is 1. The molecule has 0 radical (unpaired) electrons. The monoisotopic (exact) mass is 309 g/mol. The largest absolute Gasteiger partial charge is 0.480 e. The number of alkyl carbamates (subject to hydrolysis) is 1. The van der Waals surface area contributed by atoms with Crippen molar-refractivity contribution in [3.63, 3.8) is 0 Å². The molecule has 124 valence electrons. The van der Waals surface area contributed by atoms with Gasteiger partial charge in [0.05, 0.1) is 0 Å². The lowest BCUT2D eigenvalue weighted by Crippen LogP contribution is -2.46. The lowest BCUT2D eigenvalue weighted by Gasteiger charge is -2.24. The van der Waals surface area contributed by atoms with Crippen LogP contribution in [0.2, 0.25) is 0 Å². The summed E-state index contributed by atoms with van der Waals surface area (Å²) in [6.07, 6.45) is 9.93. The molecule has 0 aromatic rings. The second kappa shape index (κ2) is 8.20. The fourth-order valence-corrected chi connectivity index (χ4v) is 3.79. The molecule has 2 aliphatic rings. The predicted molar refractivity (Wildman–Crippen MR) is 83.6 cm³/mol. The molecule has 3 atom stereocenters. The Hall–Kier alpha value is -1.52. The highest BCUT2D eigenvalue weighted by Crippen LogP contribution is 2.32. The minimum absolute atomic E-state index is 0.0326. The van der Waals surface area contributed by atoms with Gasteiger partial charge < -0.3 is 15.2 Å². The summed E-state index contributed by atoms with van der Waals surface area (Å²) in [7, 11) is 0. The van der Waals surface area contributed by atoms with Gasteiger partial charge in [0.15, 0.2) is 0 Å². The first-order chi connectivity index (χ1) is 10.6. The van der Waals surface area contributed by atoms with Crippen LogP contribution in [-0.2, 0) is 9.53 Å². The summed E-state index contributed by atoms with van der Waals surface area (Å²) in [6, 6.07) is -0.817. The summed E-state index contributed by atoms with van der Waals surface area (Å²) in [6.45, 7) is 3.73. The quantitative estimate of drug-likeness (QED) is 0.706. The van der Waals surface area contributed by atoms with Gasteiger partial charge in [0.25, 0.3) is 0 Å². The molecule has 0 bridgehead atoms. The maximum Gasteiger partial charge on any atom is 0.408 e. The number of amides is 1. The minimum atomic E-state index is -0.960. The Kier molecular flexibility index (Phi) is 6.28. The number of allylic oxidation sites excluding steroid dienone is 1. The Morgan fingerprint density at radius 3 is 2.59 bits per heavy atom. The van der Waals surface area contributed by atoms with E-state index in [9.17, 15) is 14.7 Å². The normalized spacial score (nSPS) is 26.5. The van der Waals surface area contributed by atoms with Gasteiger partial charge in [-0.3, -0.25) is 0 Å². The van der Waals surface area contributed by atoms with Gasteiger partial charge in [0.2, 0.25) is 0 Å². The fourth-order valence-electron chi connectivity index (χ4n) is 3.79. The van der Waals surface area contributed by atoms with Crippen LogP contribution >= 0.6 is 0 Å². The highest BCUT2D eigenvalue weighted by Gasteiger charge is 2.34. The number of rotatable bonds is 7. The highest BCUT2D eigenvalue weighted by molar-refractivity contribution is 5.80. The van der Waals surface area contributed by atoms with Gasteiger partial charge in [-0.15, -0.1) is 6.58 Å². The number of ether oxygens (including phenoxy) is 1. The summed E-state index contributed by atoms with van der Waals surface area (Å²) < 4.78 is 5.51. The third kappa shape index (κ3) is 4.49. The van der Waals surface area contributed by atoms with Gasteiger partial charge in [-0.1, -0.05) is 18.9 Å². The average Bonchev–Trinajstić information content (AvgIpc) is 3.14. The first-order valence-electron chi connectivity index (χ1n) is 8.42. The van der Waals surface area contributed by atoms with Gasteiger partial charge >= 0.3 is 12.1 Å². The molecule has 0 spiro atoms. The molecule has 5 heteroatoms. The van der Waals surface area contributed by atoms with Gasteiger partial charge in [0, 0.05) is 0 Å². The Labute approximate surface area is 132 Å². The number of aliphatic carboxylic acids is 1. The lowest BCUT2D eigenvalue weighted by molar-refractivity contribution is -0.140. The highest BCUT2D eigenvalue weighted by atomic mass is 16.6. The second-order valence-corrected chi connectivity index (χ2v) is 6.51. The first kappa shape index (κ1) is 16.8. The zero-order valence-corrected chi connectivity index (χ0v) is 13.1. The molecular weight excluding hydrogens is 282 g/mol. The molecule has 2 N–H and O–H groups in total. The van der Waals surface area contributed by atoms with Crippen LogP contribution in [0.15, 0.2) is 12.7 Å². The molecule has 5 nitrogen and oxygen atoms in total. The molecule has 0 unspecified atom stereocenters. The summed E-state index contributed by atoms with van der Waals surface area (Å²) in [5.41, 5.74) is 0. The molecule has 2 rings (SSSR count). The number of carbonyl (C=O) groups is 2. The van der Waals surface area contributed by atoms with E-state index in [0.29, 0.717) is 5.92 Å². The minimum Gasteiger partial charge on any atom is -0.480 e. The maximum absolute atomic E-state index is 12.1. The molecule has 0 heterocycles. The smallest absolute Gasteiger partial charge is 0.408 e. The van der Waals surface area contributed by atoms with E-state index in [1.54, 1.807) is 0 Å². The van der Waals surface area contributed by atoms with Crippen LogP contribution < -0.4 is 5.32 Å².